The van der Waals surface area contributed by atoms with Gasteiger partial charge in [-0.15, -0.1) is 0 Å². The van der Waals surface area contributed by atoms with E-state index in [2.05, 4.69) is 17.0 Å². The van der Waals surface area contributed by atoms with Crippen LogP contribution >= 0.6 is 0 Å². The van der Waals surface area contributed by atoms with Crippen molar-refractivity contribution in [3.8, 4) is 0 Å². The second kappa shape index (κ2) is 6.27. The molecule has 19 heavy (non-hydrogen) atoms. The van der Waals surface area contributed by atoms with E-state index >= 15 is 0 Å². The number of aromatic nitrogens is 3. The number of rotatable bonds is 6. The van der Waals surface area contributed by atoms with Crippen LogP contribution < -0.4 is 0 Å². The first-order valence-corrected chi connectivity index (χ1v) is 6.63. The Bertz CT molecular complexity index is 543. The molecule has 1 aromatic heterocycles. The highest BCUT2D eigenvalue weighted by Crippen LogP contribution is 2.06. The van der Waals surface area contributed by atoms with Crippen molar-refractivity contribution in [2.75, 3.05) is 0 Å². The molecule has 0 saturated heterocycles. The zero-order valence-electron chi connectivity index (χ0n) is 11.5. The lowest BCUT2D eigenvalue weighted by Gasteiger charge is -2.04. The van der Waals surface area contributed by atoms with Crippen molar-refractivity contribution in [3.05, 3.63) is 47.5 Å². The maximum Gasteiger partial charge on any atom is 0.144 e. The minimum absolute atomic E-state index is 0.175. The fraction of sp³-hybridized carbons (Fsp3) is 0.400. The molecule has 0 radical (unpaired) electrons. The third-order valence-corrected chi connectivity index (χ3v) is 3.01. The van der Waals surface area contributed by atoms with Crippen LogP contribution in [0.2, 0.25) is 0 Å². The first kappa shape index (κ1) is 13.5. The van der Waals surface area contributed by atoms with Crippen molar-refractivity contribution in [3.63, 3.8) is 0 Å². The van der Waals surface area contributed by atoms with Crippen molar-refractivity contribution in [1.29, 1.82) is 0 Å². The lowest BCUT2D eigenvalue weighted by atomic mass is 10.1. The Labute approximate surface area is 113 Å². The summed E-state index contributed by atoms with van der Waals surface area (Å²) >= 11 is 0. The highest BCUT2D eigenvalue weighted by atomic mass is 16.1. The molecule has 0 N–H and O–H groups in total. The van der Waals surface area contributed by atoms with Gasteiger partial charge in [-0.05, 0) is 18.9 Å². The summed E-state index contributed by atoms with van der Waals surface area (Å²) in [6.07, 6.45) is 3.32. The average Bonchev–Trinajstić information content (AvgIpc) is 2.80. The van der Waals surface area contributed by atoms with Crippen LogP contribution in [0, 0.1) is 6.92 Å². The fourth-order valence-electron chi connectivity index (χ4n) is 2.00. The van der Waals surface area contributed by atoms with Gasteiger partial charge in [0.15, 0.2) is 0 Å². The third-order valence-electron chi connectivity index (χ3n) is 3.01. The van der Waals surface area contributed by atoms with E-state index in [9.17, 15) is 4.79 Å². The van der Waals surface area contributed by atoms with Crippen molar-refractivity contribution in [2.24, 2.45) is 0 Å². The molecule has 2 aromatic rings. The van der Waals surface area contributed by atoms with Crippen LogP contribution in [0.15, 0.2) is 30.6 Å². The summed E-state index contributed by atoms with van der Waals surface area (Å²) in [5.41, 5.74) is 2.26. The molecular formula is C15H19N3O. The molecule has 0 atom stereocenters. The fourth-order valence-corrected chi connectivity index (χ4v) is 2.00. The molecule has 0 saturated carbocycles. The Morgan fingerprint density at radius 2 is 1.95 bits per heavy atom. The number of aryl methyl sites for hydroxylation is 2. The Balaban J connectivity index is 1.97. The summed E-state index contributed by atoms with van der Waals surface area (Å²) in [4.78, 5) is 16.2. The first-order chi connectivity index (χ1) is 9.19. The summed E-state index contributed by atoms with van der Waals surface area (Å²) in [7, 11) is 0. The van der Waals surface area contributed by atoms with Crippen molar-refractivity contribution in [1.82, 2.24) is 14.8 Å². The number of hydrogen-bond acceptors (Lipinski definition) is 3. The molecule has 0 spiro atoms. The van der Waals surface area contributed by atoms with Crippen LogP contribution in [0.3, 0.4) is 0 Å². The Morgan fingerprint density at radius 1 is 1.21 bits per heavy atom. The molecule has 4 nitrogen and oxygen atoms in total. The van der Waals surface area contributed by atoms with Crippen LogP contribution in [-0.2, 0) is 24.2 Å². The molecule has 1 heterocycles. The zero-order chi connectivity index (χ0) is 13.7. The average molecular weight is 257 g/mol. The van der Waals surface area contributed by atoms with Crippen molar-refractivity contribution < 1.29 is 4.79 Å². The van der Waals surface area contributed by atoms with Gasteiger partial charge >= 0.3 is 0 Å². The number of carbonyl (C=O) groups is 1. The lowest BCUT2D eigenvalue weighted by Crippen LogP contribution is -2.13. The predicted molar refractivity (Wildman–Crippen MR) is 73.9 cm³/mol. The maximum absolute atomic E-state index is 12.0. The number of benzene rings is 1. The number of ketones is 1. The molecule has 0 unspecified atom stereocenters. The molecule has 0 aliphatic heterocycles. The summed E-state index contributed by atoms with van der Waals surface area (Å²) in [5, 5.41) is 4.13. The minimum atomic E-state index is 0.175. The van der Waals surface area contributed by atoms with Gasteiger partial charge in [-0.3, -0.25) is 4.79 Å². The number of Topliss-reactive ketones (excluding diaryl/α,β-unsaturated/α-hetero) is 1. The maximum atomic E-state index is 12.0. The Kier molecular flexibility index (Phi) is 4.44. The van der Waals surface area contributed by atoms with Crippen molar-refractivity contribution >= 4 is 5.78 Å². The summed E-state index contributed by atoms with van der Waals surface area (Å²) in [5.74, 6) is 0.938. The van der Waals surface area contributed by atoms with E-state index in [-0.39, 0.29) is 5.78 Å². The van der Waals surface area contributed by atoms with Crippen LogP contribution in [0.5, 0.6) is 0 Å². The van der Waals surface area contributed by atoms with E-state index in [4.69, 9.17) is 0 Å². The normalized spacial score (nSPS) is 10.6. The molecule has 0 fully saturated rings. The Hall–Kier alpha value is -1.97. The van der Waals surface area contributed by atoms with Gasteiger partial charge < -0.3 is 0 Å². The highest BCUT2D eigenvalue weighted by Gasteiger charge is 2.10. The molecule has 0 aliphatic carbocycles. The van der Waals surface area contributed by atoms with E-state index in [1.54, 1.807) is 0 Å². The van der Waals surface area contributed by atoms with Gasteiger partial charge in [0.05, 0.1) is 6.42 Å². The quantitative estimate of drug-likeness (QED) is 0.798. The first-order valence-electron chi connectivity index (χ1n) is 6.63. The van der Waals surface area contributed by atoms with Crippen LogP contribution in [0.25, 0.3) is 0 Å². The van der Waals surface area contributed by atoms with Gasteiger partial charge in [-0.1, -0.05) is 36.8 Å². The van der Waals surface area contributed by atoms with Crippen LogP contribution in [0.4, 0.5) is 0 Å². The molecule has 2 rings (SSSR count). The molecule has 100 valence electrons. The van der Waals surface area contributed by atoms with Crippen molar-refractivity contribution in [2.45, 2.75) is 39.7 Å². The molecule has 4 heteroatoms. The van der Waals surface area contributed by atoms with E-state index in [1.165, 1.54) is 11.9 Å². The summed E-state index contributed by atoms with van der Waals surface area (Å²) in [6.45, 7) is 4.94. The molecule has 0 amide bonds. The SMILES string of the molecule is CCCn1ncnc1CC(=O)Cc1ccc(C)cc1. The Morgan fingerprint density at radius 3 is 2.63 bits per heavy atom. The van der Waals surface area contributed by atoms with Gasteiger partial charge in [0.25, 0.3) is 0 Å². The van der Waals surface area contributed by atoms with Gasteiger partial charge in [-0.2, -0.15) is 5.10 Å². The third kappa shape index (κ3) is 3.74. The highest BCUT2D eigenvalue weighted by molar-refractivity contribution is 5.82. The second-order valence-corrected chi connectivity index (χ2v) is 4.78. The van der Waals surface area contributed by atoms with Gasteiger partial charge in [0.2, 0.25) is 0 Å². The zero-order valence-corrected chi connectivity index (χ0v) is 11.5. The number of carbonyl (C=O) groups excluding carboxylic acids is 1. The topological polar surface area (TPSA) is 47.8 Å². The van der Waals surface area contributed by atoms with Crippen LogP contribution in [0.1, 0.15) is 30.3 Å². The second-order valence-electron chi connectivity index (χ2n) is 4.78. The van der Waals surface area contributed by atoms with Gasteiger partial charge in [0.1, 0.15) is 17.9 Å². The number of nitrogens with zero attached hydrogens (tertiary/aromatic N) is 3. The number of hydrogen-bond donors (Lipinski definition) is 0. The molecule has 1 aromatic carbocycles. The van der Waals surface area contributed by atoms with E-state index < -0.39 is 0 Å². The van der Waals surface area contributed by atoms with E-state index in [0.717, 1.165) is 24.4 Å². The standard InChI is InChI=1S/C15H19N3O/c1-3-8-18-15(16-11-17-18)10-14(19)9-13-6-4-12(2)5-7-13/h4-7,11H,3,8-10H2,1-2H3. The molecule has 0 bridgehead atoms. The minimum Gasteiger partial charge on any atom is -0.299 e. The lowest BCUT2D eigenvalue weighted by molar-refractivity contribution is -0.117. The summed E-state index contributed by atoms with van der Waals surface area (Å²) in [6, 6.07) is 8.07. The van der Waals surface area contributed by atoms with Gasteiger partial charge in [0, 0.05) is 13.0 Å². The molecular weight excluding hydrogens is 238 g/mol. The largest absolute Gasteiger partial charge is 0.299 e. The monoisotopic (exact) mass is 257 g/mol. The van der Waals surface area contributed by atoms with Gasteiger partial charge in [-0.25, -0.2) is 9.67 Å². The summed E-state index contributed by atoms with van der Waals surface area (Å²) < 4.78 is 1.81. The van der Waals surface area contributed by atoms with E-state index in [0.29, 0.717) is 12.8 Å². The smallest absolute Gasteiger partial charge is 0.144 e. The predicted octanol–water partition coefficient (Wildman–Crippen LogP) is 2.35. The van der Waals surface area contributed by atoms with Crippen LogP contribution in [-0.4, -0.2) is 20.5 Å². The van der Waals surface area contributed by atoms with E-state index in [1.807, 2.05) is 35.9 Å². The molecule has 0 aliphatic rings.